The molecule has 0 unspecified atom stereocenters. The molecule has 0 fully saturated rings. The van der Waals surface area contributed by atoms with E-state index in [4.69, 9.17) is 23.2 Å². The number of carbonyl (C=O) groups is 1. The lowest BCUT2D eigenvalue weighted by molar-refractivity contribution is 0.0941. The van der Waals surface area contributed by atoms with E-state index in [1.807, 2.05) is 0 Å². The maximum Gasteiger partial charge on any atom is 0.264 e. The third kappa shape index (κ3) is 4.93. The van der Waals surface area contributed by atoms with E-state index in [1.165, 1.54) is 18.2 Å². The first-order chi connectivity index (χ1) is 15.7. The first-order valence-electron chi connectivity index (χ1n) is 9.45. The molecule has 1 heterocycles. The van der Waals surface area contributed by atoms with Crippen LogP contribution >= 0.6 is 34.9 Å². The van der Waals surface area contributed by atoms with Crippen LogP contribution in [0.2, 0.25) is 10.0 Å². The molecule has 2 N–H and O–H groups in total. The molecule has 0 saturated heterocycles. The van der Waals surface area contributed by atoms with Gasteiger partial charge in [-0.25, -0.2) is 12.8 Å². The van der Waals surface area contributed by atoms with Crippen LogP contribution in [0, 0.1) is 5.82 Å². The summed E-state index contributed by atoms with van der Waals surface area (Å²) in [4.78, 5) is 12.8. The van der Waals surface area contributed by atoms with Crippen molar-refractivity contribution in [2.45, 2.75) is 17.9 Å². The molecule has 0 bridgehead atoms. The summed E-state index contributed by atoms with van der Waals surface area (Å²) in [7, 11) is -4.20. The van der Waals surface area contributed by atoms with Crippen molar-refractivity contribution < 1.29 is 17.6 Å². The molecular formula is C21H15Cl2FN4O3S2. The van der Waals surface area contributed by atoms with Crippen LogP contribution in [0.15, 0.2) is 59.5 Å². The highest BCUT2D eigenvalue weighted by molar-refractivity contribution is 7.93. The summed E-state index contributed by atoms with van der Waals surface area (Å²) in [5, 5.41) is 3.55. The molecule has 1 atom stereocenters. The molecule has 0 saturated carbocycles. The van der Waals surface area contributed by atoms with E-state index < -0.39 is 27.8 Å². The average Bonchev–Trinajstić information content (AvgIpc) is 3.22. The number of carbonyl (C=O) groups excluding carboxylic acids is 1. The normalized spacial score (nSPS) is 12.5. The molecular weight excluding hydrogens is 510 g/mol. The van der Waals surface area contributed by atoms with Gasteiger partial charge in [-0.2, -0.15) is 8.75 Å². The first kappa shape index (κ1) is 23.4. The molecule has 4 rings (SSSR count). The largest absolute Gasteiger partial charge is 0.345 e. The molecule has 3 aromatic carbocycles. The van der Waals surface area contributed by atoms with Crippen LogP contribution < -0.4 is 10.0 Å². The van der Waals surface area contributed by atoms with Crippen LogP contribution in [0.5, 0.6) is 0 Å². The molecule has 12 heteroatoms. The SMILES string of the molecule is C[C@@H](NC(=O)c1ccc(F)cc1NS(=O)(=O)c1cccc2nsnc12)c1ccc(Cl)cc1Cl. The van der Waals surface area contributed by atoms with E-state index in [2.05, 4.69) is 18.8 Å². The van der Waals surface area contributed by atoms with Crippen LogP contribution in [-0.2, 0) is 10.0 Å². The number of aromatic nitrogens is 2. The van der Waals surface area contributed by atoms with Gasteiger partial charge >= 0.3 is 0 Å². The summed E-state index contributed by atoms with van der Waals surface area (Å²) in [6.45, 7) is 1.70. The van der Waals surface area contributed by atoms with Crippen LogP contribution in [0.3, 0.4) is 0 Å². The number of halogens is 3. The Balaban J connectivity index is 1.65. The zero-order valence-corrected chi connectivity index (χ0v) is 20.0. The van der Waals surface area contributed by atoms with Crippen molar-refractivity contribution in [3.8, 4) is 0 Å². The lowest BCUT2D eigenvalue weighted by atomic mass is 10.1. The van der Waals surface area contributed by atoms with Crippen molar-refractivity contribution in [3.05, 3.63) is 81.6 Å². The summed E-state index contributed by atoms with van der Waals surface area (Å²) in [6.07, 6.45) is 0. The van der Waals surface area contributed by atoms with Gasteiger partial charge in [-0.1, -0.05) is 35.3 Å². The number of rotatable bonds is 6. The fourth-order valence-corrected chi connectivity index (χ4v) is 5.61. The van der Waals surface area contributed by atoms with Gasteiger partial charge in [0.2, 0.25) is 0 Å². The number of nitrogens with zero attached hydrogens (tertiary/aromatic N) is 2. The Morgan fingerprint density at radius 1 is 1.09 bits per heavy atom. The van der Waals surface area contributed by atoms with Crippen molar-refractivity contribution in [2.24, 2.45) is 0 Å². The van der Waals surface area contributed by atoms with Crippen LogP contribution in [0.4, 0.5) is 10.1 Å². The zero-order chi connectivity index (χ0) is 23.8. The lowest BCUT2D eigenvalue weighted by Gasteiger charge is -2.18. The molecule has 1 aromatic heterocycles. The summed E-state index contributed by atoms with van der Waals surface area (Å²) < 4.78 is 50.5. The maximum absolute atomic E-state index is 14.0. The molecule has 1 amide bonds. The van der Waals surface area contributed by atoms with Crippen molar-refractivity contribution in [3.63, 3.8) is 0 Å². The van der Waals surface area contributed by atoms with Gasteiger partial charge in [0.05, 0.1) is 29.0 Å². The first-order valence-corrected chi connectivity index (χ1v) is 12.4. The van der Waals surface area contributed by atoms with Gasteiger partial charge in [0.1, 0.15) is 21.7 Å². The van der Waals surface area contributed by atoms with Gasteiger partial charge in [0.15, 0.2) is 0 Å². The van der Waals surface area contributed by atoms with E-state index >= 15 is 0 Å². The number of benzene rings is 3. The molecule has 0 aliphatic heterocycles. The number of nitrogens with one attached hydrogen (secondary N) is 2. The number of anilines is 1. The topological polar surface area (TPSA) is 101 Å². The average molecular weight is 525 g/mol. The van der Waals surface area contributed by atoms with Crippen molar-refractivity contribution in [1.29, 1.82) is 0 Å². The number of amides is 1. The van der Waals surface area contributed by atoms with Crippen LogP contribution in [0.1, 0.15) is 28.9 Å². The number of hydrogen-bond donors (Lipinski definition) is 2. The fourth-order valence-electron chi connectivity index (χ4n) is 3.20. The van der Waals surface area contributed by atoms with Gasteiger partial charge < -0.3 is 5.32 Å². The Kier molecular flexibility index (Phi) is 6.53. The molecule has 7 nitrogen and oxygen atoms in total. The Hall–Kier alpha value is -2.79. The van der Waals surface area contributed by atoms with E-state index in [0.717, 1.165) is 23.9 Å². The highest BCUT2D eigenvalue weighted by atomic mass is 35.5. The van der Waals surface area contributed by atoms with Crippen molar-refractivity contribution in [2.75, 3.05) is 4.72 Å². The molecule has 0 aliphatic carbocycles. The monoisotopic (exact) mass is 524 g/mol. The minimum absolute atomic E-state index is 0.0690. The molecule has 4 aromatic rings. The second-order valence-corrected chi connectivity index (χ2v) is 10.1. The Morgan fingerprint density at radius 3 is 2.64 bits per heavy atom. The number of fused-ring (bicyclic) bond motifs is 1. The number of sulfonamides is 1. The second kappa shape index (κ2) is 9.22. The summed E-state index contributed by atoms with van der Waals surface area (Å²) in [6, 6.07) is 12.0. The maximum atomic E-state index is 14.0. The molecule has 33 heavy (non-hydrogen) atoms. The van der Waals surface area contributed by atoms with Crippen LogP contribution in [-0.4, -0.2) is 23.1 Å². The summed E-state index contributed by atoms with van der Waals surface area (Å²) in [5.41, 5.74) is 0.918. The highest BCUT2D eigenvalue weighted by Crippen LogP contribution is 2.28. The fraction of sp³-hybridized carbons (Fsp3) is 0.0952. The Bertz CT molecular complexity index is 1480. The predicted octanol–water partition coefficient (Wildman–Crippen LogP) is 5.43. The van der Waals surface area contributed by atoms with Gasteiger partial charge in [-0.15, -0.1) is 0 Å². The van der Waals surface area contributed by atoms with E-state index in [9.17, 15) is 17.6 Å². The minimum Gasteiger partial charge on any atom is -0.345 e. The summed E-state index contributed by atoms with van der Waals surface area (Å²) >= 11 is 13.0. The Labute approximate surface area is 202 Å². The van der Waals surface area contributed by atoms with Gasteiger partial charge in [-0.3, -0.25) is 9.52 Å². The van der Waals surface area contributed by atoms with E-state index in [1.54, 1.807) is 31.2 Å². The van der Waals surface area contributed by atoms with Crippen molar-refractivity contribution >= 4 is 67.6 Å². The zero-order valence-electron chi connectivity index (χ0n) is 16.8. The summed E-state index contributed by atoms with van der Waals surface area (Å²) in [5.74, 6) is -1.34. The lowest BCUT2D eigenvalue weighted by Crippen LogP contribution is -2.28. The Morgan fingerprint density at radius 2 is 1.88 bits per heavy atom. The molecule has 0 spiro atoms. The van der Waals surface area contributed by atoms with Gasteiger partial charge in [-0.05, 0) is 55.0 Å². The predicted molar refractivity (Wildman–Crippen MR) is 127 cm³/mol. The second-order valence-electron chi connectivity index (χ2n) is 7.04. The highest BCUT2D eigenvalue weighted by Gasteiger charge is 2.24. The van der Waals surface area contributed by atoms with E-state index in [0.29, 0.717) is 21.1 Å². The van der Waals surface area contributed by atoms with Gasteiger partial charge in [0, 0.05) is 10.0 Å². The molecule has 0 aliphatic rings. The van der Waals surface area contributed by atoms with Crippen LogP contribution in [0.25, 0.3) is 11.0 Å². The third-order valence-corrected chi connectivity index (χ3v) is 7.29. The third-order valence-electron chi connectivity index (χ3n) is 4.79. The van der Waals surface area contributed by atoms with E-state index in [-0.39, 0.29) is 21.7 Å². The smallest absolute Gasteiger partial charge is 0.264 e. The number of hydrogen-bond acceptors (Lipinski definition) is 6. The standard InChI is InChI=1S/C21H15Cl2FN4O3S2/c1-11(14-7-5-12(22)9-16(14)23)25-21(29)15-8-6-13(24)10-18(15)28-33(30,31)19-4-2-3-17-20(19)27-32-26-17/h2-11,28H,1H3,(H,25,29)/t11-/m1/s1. The molecule has 0 radical (unpaired) electrons. The quantitative estimate of drug-likeness (QED) is 0.350. The minimum atomic E-state index is -4.20. The van der Waals surface area contributed by atoms with Gasteiger partial charge in [0.25, 0.3) is 15.9 Å². The van der Waals surface area contributed by atoms with Crippen molar-refractivity contribution in [1.82, 2.24) is 14.1 Å². The molecule has 170 valence electrons.